The monoisotopic (exact) mass is 221 g/mol. The minimum absolute atomic E-state index is 0.159. The van der Waals surface area contributed by atoms with Crippen molar-refractivity contribution in [1.82, 2.24) is 15.2 Å². The van der Waals surface area contributed by atoms with Gasteiger partial charge in [0.15, 0.2) is 0 Å². The maximum Gasteiger partial charge on any atom is 0.255 e. The minimum Gasteiger partial charge on any atom is -0.367 e. The molecule has 0 bridgehead atoms. The van der Waals surface area contributed by atoms with Gasteiger partial charge in [-0.2, -0.15) is 0 Å². The molecule has 88 valence electrons. The Kier molecular flexibility index (Phi) is 3.29. The molecule has 16 heavy (non-hydrogen) atoms. The van der Waals surface area contributed by atoms with E-state index in [9.17, 15) is 4.79 Å². The second kappa shape index (κ2) is 4.70. The molecule has 0 aromatic carbocycles. The van der Waals surface area contributed by atoms with Crippen molar-refractivity contribution in [3.05, 3.63) is 23.5 Å². The minimum atomic E-state index is 0.159. The highest BCUT2D eigenvalue weighted by Crippen LogP contribution is 2.20. The van der Waals surface area contributed by atoms with Crippen molar-refractivity contribution in [2.24, 2.45) is 0 Å². The lowest BCUT2D eigenvalue weighted by atomic mass is 10.0. The molecular formula is C12H19N3O. The average Bonchev–Trinajstić information content (AvgIpc) is 2.78. The van der Waals surface area contributed by atoms with Crippen molar-refractivity contribution in [1.29, 1.82) is 0 Å². The first-order valence-electron chi connectivity index (χ1n) is 5.87. The zero-order valence-electron chi connectivity index (χ0n) is 9.92. The Morgan fingerprint density at radius 3 is 2.62 bits per heavy atom. The lowest BCUT2D eigenvalue weighted by Crippen LogP contribution is -2.46. The third-order valence-electron chi connectivity index (χ3n) is 3.03. The number of amides is 1. The van der Waals surface area contributed by atoms with Gasteiger partial charge < -0.3 is 15.2 Å². The van der Waals surface area contributed by atoms with E-state index in [1.165, 1.54) is 0 Å². The van der Waals surface area contributed by atoms with Crippen LogP contribution in [0.2, 0.25) is 0 Å². The van der Waals surface area contributed by atoms with E-state index in [1.807, 2.05) is 17.3 Å². The molecule has 1 saturated heterocycles. The molecule has 0 radical (unpaired) electrons. The predicted octanol–water partition coefficient (Wildman–Crippen LogP) is 1.18. The maximum atomic E-state index is 12.3. The van der Waals surface area contributed by atoms with Gasteiger partial charge in [0.05, 0.1) is 5.56 Å². The van der Waals surface area contributed by atoms with E-state index in [0.717, 1.165) is 37.3 Å². The van der Waals surface area contributed by atoms with Crippen molar-refractivity contribution in [3.8, 4) is 0 Å². The number of carbonyl (C=O) groups excluding carboxylic acids is 1. The molecular weight excluding hydrogens is 202 g/mol. The van der Waals surface area contributed by atoms with E-state index < -0.39 is 0 Å². The second-order valence-corrected chi connectivity index (χ2v) is 4.52. The fourth-order valence-corrected chi connectivity index (χ4v) is 2.08. The Bertz CT molecular complexity index is 364. The van der Waals surface area contributed by atoms with Gasteiger partial charge in [-0.1, -0.05) is 13.8 Å². The van der Waals surface area contributed by atoms with Crippen LogP contribution >= 0.6 is 0 Å². The van der Waals surface area contributed by atoms with Gasteiger partial charge in [0.1, 0.15) is 0 Å². The van der Waals surface area contributed by atoms with Crippen LogP contribution in [0.1, 0.15) is 35.7 Å². The Morgan fingerprint density at radius 1 is 1.31 bits per heavy atom. The number of piperazine rings is 1. The zero-order chi connectivity index (χ0) is 11.5. The van der Waals surface area contributed by atoms with E-state index in [1.54, 1.807) is 0 Å². The fraction of sp³-hybridized carbons (Fsp3) is 0.583. The molecule has 4 heteroatoms. The SMILES string of the molecule is CC(C)c1c[nH]cc1C(=O)N1CCNCC1. The summed E-state index contributed by atoms with van der Waals surface area (Å²) in [4.78, 5) is 17.2. The normalized spacial score (nSPS) is 16.8. The van der Waals surface area contributed by atoms with Crippen LogP contribution in [0.25, 0.3) is 0 Å². The third-order valence-corrected chi connectivity index (χ3v) is 3.03. The summed E-state index contributed by atoms with van der Waals surface area (Å²) in [5, 5.41) is 3.25. The topological polar surface area (TPSA) is 48.1 Å². The molecule has 4 nitrogen and oxygen atoms in total. The van der Waals surface area contributed by atoms with Crippen LogP contribution in [0.3, 0.4) is 0 Å². The van der Waals surface area contributed by atoms with Gasteiger partial charge in [-0.05, 0) is 11.5 Å². The standard InChI is InChI=1S/C12H19N3O/c1-9(2)10-7-14-8-11(10)12(16)15-5-3-13-4-6-15/h7-9,13-14H,3-6H2,1-2H3. The molecule has 1 fully saturated rings. The van der Waals surface area contributed by atoms with Crippen LogP contribution in [-0.2, 0) is 0 Å². The summed E-state index contributed by atoms with van der Waals surface area (Å²) in [6, 6.07) is 0. The van der Waals surface area contributed by atoms with Gasteiger partial charge >= 0.3 is 0 Å². The highest BCUT2D eigenvalue weighted by atomic mass is 16.2. The van der Waals surface area contributed by atoms with Crippen molar-refractivity contribution in [2.75, 3.05) is 26.2 Å². The largest absolute Gasteiger partial charge is 0.367 e. The summed E-state index contributed by atoms with van der Waals surface area (Å²) in [6.45, 7) is 7.62. The molecule has 0 unspecified atom stereocenters. The molecule has 1 aromatic rings. The first-order chi connectivity index (χ1) is 7.70. The molecule has 1 amide bonds. The number of H-pyrrole nitrogens is 1. The van der Waals surface area contributed by atoms with Crippen LogP contribution in [-0.4, -0.2) is 42.0 Å². The van der Waals surface area contributed by atoms with Gasteiger partial charge in [0.2, 0.25) is 0 Å². The highest BCUT2D eigenvalue weighted by Gasteiger charge is 2.21. The van der Waals surface area contributed by atoms with Crippen molar-refractivity contribution < 1.29 is 4.79 Å². The van der Waals surface area contributed by atoms with Crippen LogP contribution in [0, 0.1) is 0 Å². The van der Waals surface area contributed by atoms with Crippen LogP contribution < -0.4 is 5.32 Å². The summed E-state index contributed by atoms with van der Waals surface area (Å²) in [5.41, 5.74) is 1.94. The van der Waals surface area contributed by atoms with Gasteiger partial charge in [-0.25, -0.2) is 0 Å². The average molecular weight is 221 g/mol. The van der Waals surface area contributed by atoms with Gasteiger partial charge in [-0.15, -0.1) is 0 Å². The molecule has 0 saturated carbocycles. The van der Waals surface area contributed by atoms with Crippen LogP contribution in [0.15, 0.2) is 12.4 Å². The fourth-order valence-electron chi connectivity index (χ4n) is 2.08. The molecule has 0 aliphatic carbocycles. The maximum absolute atomic E-state index is 12.3. The van der Waals surface area contributed by atoms with Crippen molar-refractivity contribution >= 4 is 5.91 Å². The molecule has 2 heterocycles. The van der Waals surface area contributed by atoms with Gasteiger partial charge in [0.25, 0.3) is 5.91 Å². The number of nitrogens with zero attached hydrogens (tertiary/aromatic N) is 1. The summed E-state index contributed by atoms with van der Waals surface area (Å²) in [6.07, 6.45) is 3.75. The summed E-state index contributed by atoms with van der Waals surface area (Å²) >= 11 is 0. The lowest BCUT2D eigenvalue weighted by Gasteiger charge is -2.27. The number of nitrogens with one attached hydrogen (secondary N) is 2. The molecule has 1 aliphatic rings. The van der Waals surface area contributed by atoms with Crippen molar-refractivity contribution in [2.45, 2.75) is 19.8 Å². The molecule has 0 atom stereocenters. The quantitative estimate of drug-likeness (QED) is 0.788. The number of hydrogen-bond donors (Lipinski definition) is 2. The van der Waals surface area contributed by atoms with Crippen LogP contribution in [0.5, 0.6) is 0 Å². The number of carbonyl (C=O) groups is 1. The van der Waals surface area contributed by atoms with E-state index in [4.69, 9.17) is 0 Å². The van der Waals surface area contributed by atoms with E-state index in [0.29, 0.717) is 5.92 Å². The number of rotatable bonds is 2. The van der Waals surface area contributed by atoms with E-state index >= 15 is 0 Å². The zero-order valence-corrected chi connectivity index (χ0v) is 9.92. The van der Waals surface area contributed by atoms with Gasteiger partial charge in [0, 0.05) is 38.6 Å². The first kappa shape index (κ1) is 11.2. The number of aromatic amines is 1. The molecule has 0 spiro atoms. The van der Waals surface area contributed by atoms with E-state index in [2.05, 4.69) is 24.1 Å². The Hall–Kier alpha value is -1.29. The Morgan fingerprint density at radius 2 is 2.00 bits per heavy atom. The summed E-state index contributed by atoms with van der Waals surface area (Å²) < 4.78 is 0. The lowest BCUT2D eigenvalue weighted by molar-refractivity contribution is 0.0734. The Balaban J connectivity index is 2.16. The summed E-state index contributed by atoms with van der Waals surface area (Å²) in [5.74, 6) is 0.541. The van der Waals surface area contributed by atoms with Gasteiger partial charge in [-0.3, -0.25) is 4.79 Å². The van der Waals surface area contributed by atoms with Crippen LogP contribution in [0.4, 0.5) is 0 Å². The third kappa shape index (κ3) is 2.11. The number of hydrogen-bond acceptors (Lipinski definition) is 2. The highest BCUT2D eigenvalue weighted by molar-refractivity contribution is 5.95. The smallest absolute Gasteiger partial charge is 0.255 e. The number of aromatic nitrogens is 1. The summed E-state index contributed by atoms with van der Waals surface area (Å²) in [7, 11) is 0. The first-order valence-corrected chi connectivity index (χ1v) is 5.87. The molecule has 1 aliphatic heterocycles. The molecule has 2 rings (SSSR count). The van der Waals surface area contributed by atoms with Crippen molar-refractivity contribution in [3.63, 3.8) is 0 Å². The Labute approximate surface area is 96.0 Å². The second-order valence-electron chi connectivity index (χ2n) is 4.52. The molecule has 1 aromatic heterocycles. The molecule has 2 N–H and O–H groups in total. The predicted molar refractivity (Wildman–Crippen MR) is 63.7 cm³/mol. The van der Waals surface area contributed by atoms with E-state index in [-0.39, 0.29) is 5.91 Å².